The lowest BCUT2D eigenvalue weighted by atomic mass is 9.95. The maximum Gasteiger partial charge on any atom is 0.336 e. The van der Waals surface area contributed by atoms with E-state index < -0.39 is 5.97 Å². The molecule has 136 valence electrons. The van der Waals surface area contributed by atoms with E-state index in [1.165, 1.54) is 11.0 Å². The van der Waals surface area contributed by atoms with Crippen LogP contribution in [-0.2, 0) is 4.79 Å². The van der Waals surface area contributed by atoms with Crippen LogP contribution in [0.15, 0.2) is 12.1 Å². The molecule has 0 aromatic heterocycles. The Kier molecular flexibility index (Phi) is 5.66. The van der Waals surface area contributed by atoms with Gasteiger partial charge in [-0.2, -0.15) is 0 Å². The van der Waals surface area contributed by atoms with Crippen molar-refractivity contribution in [3.05, 3.63) is 28.8 Å². The molecule has 1 fully saturated rings. The molecule has 25 heavy (non-hydrogen) atoms. The summed E-state index contributed by atoms with van der Waals surface area (Å²) in [5.41, 5.74) is 2.21. The average molecular weight is 347 g/mol. The van der Waals surface area contributed by atoms with Crippen LogP contribution in [0.3, 0.4) is 0 Å². The molecule has 7 nitrogen and oxygen atoms in total. The SMILES string of the molecule is Cc1cc(C)c(C(=O)O)cc1NC(=O)C1CCN(C(=O)N(C)C)CC1. The number of nitrogens with zero attached hydrogens (tertiary/aromatic N) is 2. The zero-order valence-electron chi connectivity index (χ0n) is 15.1. The number of aromatic carboxylic acids is 1. The first-order valence-electron chi connectivity index (χ1n) is 8.32. The molecule has 1 heterocycles. The standard InChI is InChI=1S/C18H25N3O4/c1-11-9-12(2)15(10-14(11)17(23)24)19-16(22)13-5-7-21(8-6-13)18(25)20(3)4/h9-10,13H,5-8H2,1-4H3,(H,19,22)(H,23,24). The Balaban J connectivity index is 2.03. The highest BCUT2D eigenvalue weighted by atomic mass is 16.4. The summed E-state index contributed by atoms with van der Waals surface area (Å²) in [5, 5.41) is 12.1. The Morgan fingerprint density at radius 1 is 1.12 bits per heavy atom. The average Bonchev–Trinajstić information content (AvgIpc) is 2.56. The van der Waals surface area contributed by atoms with Gasteiger partial charge in [0, 0.05) is 38.8 Å². The largest absolute Gasteiger partial charge is 0.478 e. The molecule has 7 heteroatoms. The number of nitrogens with one attached hydrogen (secondary N) is 1. The smallest absolute Gasteiger partial charge is 0.336 e. The molecule has 0 saturated carbocycles. The normalized spacial score (nSPS) is 15.0. The minimum absolute atomic E-state index is 0.0423. The summed E-state index contributed by atoms with van der Waals surface area (Å²) in [4.78, 5) is 39.0. The van der Waals surface area contributed by atoms with E-state index in [9.17, 15) is 19.5 Å². The minimum Gasteiger partial charge on any atom is -0.478 e. The third-order valence-electron chi connectivity index (χ3n) is 4.58. The summed E-state index contributed by atoms with van der Waals surface area (Å²) < 4.78 is 0. The van der Waals surface area contributed by atoms with Crippen molar-refractivity contribution in [2.45, 2.75) is 26.7 Å². The van der Waals surface area contributed by atoms with Crippen molar-refractivity contribution >= 4 is 23.6 Å². The van der Waals surface area contributed by atoms with Crippen LogP contribution in [0.5, 0.6) is 0 Å². The van der Waals surface area contributed by atoms with Gasteiger partial charge in [0.25, 0.3) is 0 Å². The molecular formula is C18H25N3O4. The predicted molar refractivity (Wildman–Crippen MR) is 94.9 cm³/mol. The van der Waals surface area contributed by atoms with E-state index in [0.717, 1.165) is 5.56 Å². The number of benzene rings is 1. The lowest BCUT2D eigenvalue weighted by Crippen LogP contribution is -2.45. The third-order valence-corrected chi connectivity index (χ3v) is 4.58. The van der Waals surface area contributed by atoms with E-state index in [0.29, 0.717) is 37.2 Å². The van der Waals surface area contributed by atoms with Crippen LogP contribution < -0.4 is 5.32 Å². The number of urea groups is 1. The molecule has 0 bridgehead atoms. The van der Waals surface area contributed by atoms with Gasteiger partial charge in [-0.25, -0.2) is 9.59 Å². The van der Waals surface area contributed by atoms with Crippen LogP contribution in [0.25, 0.3) is 0 Å². The van der Waals surface area contributed by atoms with E-state index >= 15 is 0 Å². The van der Waals surface area contributed by atoms with Gasteiger partial charge in [-0.05, 0) is 43.9 Å². The van der Waals surface area contributed by atoms with Crippen molar-refractivity contribution in [2.75, 3.05) is 32.5 Å². The molecule has 0 radical (unpaired) electrons. The molecule has 2 N–H and O–H groups in total. The number of amides is 3. The second-order valence-electron chi connectivity index (χ2n) is 6.71. The first kappa shape index (κ1) is 18.8. The topological polar surface area (TPSA) is 90.0 Å². The predicted octanol–water partition coefficient (Wildman–Crippen LogP) is 2.33. The van der Waals surface area contributed by atoms with Crippen LogP contribution in [0.2, 0.25) is 0 Å². The number of carboxylic acid groups (broad SMARTS) is 1. The second kappa shape index (κ2) is 7.55. The lowest BCUT2D eigenvalue weighted by Gasteiger charge is -2.33. The number of aryl methyl sites for hydroxylation is 2. The molecule has 0 aliphatic carbocycles. The van der Waals surface area contributed by atoms with Crippen LogP contribution in [0, 0.1) is 19.8 Å². The van der Waals surface area contributed by atoms with Gasteiger partial charge in [-0.3, -0.25) is 4.79 Å². The maximum absolute atomic E-state index is 12.5. The van der Waals surface area contributed by atoms with Crippen molar-refractivity contribution in [3.63, 3.8) is 0 Å². The van der Waals surface area contributed by atoms with Crippen LogP contribution in [0.1, 0.15) is 34.3 Å². The Labute approximate surface area is 147 Å². The third kappa shape index (κ3) is 4.29. The number of carbonyl (C=O) groups excluding carboxylic acids is 2. The fourth-order valence-corrected chi connectivity index (χ4v) is 3.07. The molecule has 1 aromatic carbocycles. The monoisotopic (exact) mass is 347 g/mol. The van der Waals surface area contributed by atoms with Gasteiger partial charge >= 0.3 is 12.0 Å². The Morgan fingerprint density at radius 3 is 2.24 bits per heavy atom. The van der Waals surface area contributed by atoms with E-state index in [4.69, 9.17) is 0 Å². The number of carboxylic acids is 1. The highest BCUT2D eigenvalue weighted by Gasteiger charge is 2.28. The Bertz CT molecular complexity index is 692. The molecule has 0 unspecified atom stereocenters. The highest BCUT2D eigenvalue weighted by molar-refractivity contribution is 5.96. The lowest BCUT2D eigenvalue weighted by molar-refractivity contribution is -0.121. The van der Waals surface area contributed by atoms with Gasteiger partial charge in [-0.1, -0.05) is 6.07 Å². The van der Waals surface area contributed by atoms with E-state index in [2.05, 4.69) is 5.32 Å². The molecule has 1 aliphatic heterocycles. The van der Waals surface area contributed by atoms with Gasteiger partial charge in [0.2, 0.25) is 5.91 Å². The molecule has 0 spiro atoms. The number of likely N-dealkylation sites (tertiary alicyclic amines) is 1. The number of hydrogen-bond donors (Lipinski definition) is 2. The highest BCUT2D eigenvalue weighted by Crippen LogP contribution is 2.24. The van der Waals surface area contributed by atoms with E-state index in [1.54, 1.807) is 32.0 Å². The van der Waals surface area contributed by atoms with E-state index in [-0.39, 0.29) is 23.4 Å². The van der Waals surface area contributed by atoms with Gasteiger partial charge in [-0.15, -0.1) is 0 Å². The van der Waals surface area contributed by atoms with Crippen molar-refractivity contribution in [2.24, 2.45) is 5.92 Å². The first-order valence-corrected chi connectivity index (χ1v) is 8.32. The quantitative estimate of drug-likeness (QED) is 0.878. The Hall–Kier alpha value is -2.57. The van der Waals surface area contributed by atoms with Gasteiger partial charge < -0.3 is 20.2 Å². The number of piperidine rings is 1. The molecule has 1 saturated heterocycles. The summed E-state index contributed by atoms with van der Waals surface area (Å²) in [6, 6.07) is 3.23. The van der Waals surface area contributed by atoms with Crippen LogP contribution in [0.4, 0.5) is 10.5 Å². The van der Waals surface area contributed by atoms with Crippen molar-refractivity contribution in [1.82, 2.24) is 9.80 Å². The number of hydrogen-bond acceptors (Lipinski definition) is 3. The summed E-state index contributed by atoms with van der Waals surface area (Å²) in [7, 11) is 3.42. The van der Waals surface area contributed by atoms with Crippen molar-refractivity contribution in [3.8, 4) is 0 Å². The molecule has 0 atom stereocenters. The number of carbonyl (C=O) groups is 3. The summed E-state index contributed by atoms with van der Waals surface area (Å²) in [6.45, 7) is 4.66. The molecule has 1 aromatic rings. The Morgan fingerprint density at radius 2 is 1.72 bits per heavy atom. The first-order chi connectivity index (χ1) is 11.7. The van der Waals surface area contributed by atoms with Crippen molar-refractivity contribution < 1.29 is 19.5 Å². The molecule has 2 rings (SSSR count). The fourth-order valence-electron chi connectivity index (χ4n) is 3.07. The van der Waals surface area contributed by atoms with E-state index in [1.807, 2.05) is 6.92 Å². The summed E-state index contributed by atoms with van der Waals surface area (Å²) in [6.07, 6.45) is 1.20. The zero-order valence-corrected chi connectivity index (χ0v) is 15.1. The fraction of sp³-hybridized carbons (Fsp3) is 0.500. The summed E-state index contributed by atoms with van der Waals surface area (Å²) in [5.74, 6) is -1.32. The molecular weight excluding hydrogens is 322 g/mol. The minimum atomic E-state index is -1.01. The number of anilines is 1. The maximum atomic E-state index is 12.5. The second-order valence-corrected chi connectivity index (χ2v) is 6.71. The zero-order chi connectivity index (χ0) is 18.7. The van der Waals surface area contributed by atoms with Gasteiger partial charge in [0.15, 0.2) is 0 Å². The summed E-state index contributed by atoms with van der Waals surface area (Å²) >= 11 is 0. The van der Waals surface area contributed by atoms with Gasteiger partial charge in [0.1, 0.15) is 0 Å². The van der Waals surface area contributed by atoms with Crippen LogP contribution in [-0.4, -0.2) is 60.0 Å². The van der Waals surface area contributed by atoms with Crippen molar-refractivity contribution in [1.29, 1.82) is 0 Å². The van der Waals surface area contributed by atoms with Gasteiger partial charge in [0.05, 0.1) is 5.56 Å². The van der Waals surface area contributed by atoms with Crippen LogP contribution >= 0.6 is 0 Å². The molecule has 3 amide bonds. The molecule has 1 aliphatic rings. The number of rotatable bonds is 3.